The van der Waals surface area contributed by atoms with Gasteiger partial charge < -0.3 is 0 Å². The van der Waals surface area contributed by atoms with Gasteiger partial charge in [-0.2, -0.15) is 0 Å². The fraction of sp³-hybridized carbons (Fsp3) is 0. The molecule has 1 N–H and O–H groups in total. The van der Waals surface area contributed by atoms with E-state index in [2.05, 4.69) is 9.97 Å². The van der Waals surface area contributed by atoms with Crippen molar-refractivity contribution in [3.63, 3.8) is 0 Å². The molecule has 1 rings (SSSR count). The summed E-state index contributed by atoms with van der Waals surface area (Å²) in [5, 5.41) is 8.49. The third-order valence-electron chi connectivity index (χ3n) is 1.54. The molecule has 0 spiro atoms. The Balaban J connectivity index is 3.20. The number of carbonyl (C=O) groups is 2. The SMILES string of the molecule is O=C(O)c1cc(C(=O)[N]([Rb])[RaH])nc(Cl)n1. The van der Waals surface area contributed by atoms with Gasteiger partial charge in [0.2, 0.25) is 0 Å². The molecule has 0 aliphatic rings. The van der Waals surface area contributed by atoms with E-state index in [-0.39, 0.29) is 122 Å². The van der Waals surface area contributed by atoms with Crippen LogP contribution in [-0.4, -0.2) is 77.2 Å². The van der Waals surface area contributed by atoms with E-state index in [0.29, 0.717) is 0 Å². The van der Waals surface area contributed by atoms with Gasteiger partial charge in [-0.25, -0.2) is 0 Å². The average Bonchev–Trinajstić information content (AvgIpc) is 2.15. The Labute approximate surface area is 160 Å². The molecule has 1 aromatic rings. The number of carboxylic acids is 1. The van der Waals surface area contributed by atoms with Gasteiger partial charge in [0.25, 0.3) is 0 Å². The molecule has 6 nitrogen and oxygen atoms in total. The fourth-order valence-electron chi connectivity index (χ4n) is 0.866. The standard InChI is InChI=1S/C6H2ClN3O3.Ra.Rb.H/c7-6-9-2(4(8)11)1-3(10-6)5(12)13;;;/h1H,(H,12,13);;;. The number of carbonyl (C=O) groups excluding carboxylic acids is 1. The van der Waals surface area contributed by atoms with Crippen LogP contribution in [0.5, 0.6) is 0 Å². The minimum atomic E-state index is -1.22. The Morgan fingerprint density at radius 2 is 2.00 bits per heavy atom. The average molecular weight is 512 g/mol. The quantitative estimate of drug-likeness (QED) is 0.544. The van der Waals surface area contributed by atoms with Crippen molar-refractivity contribution in [3.8, 4) is 0 Å². The summed E-state index contributed by atoms with van der Waals surface area (Å²) in [6.07, 6.45) is 0. The minimum absolute atomic E-state index is 0.0563. The summed E-state index contributed by atoms with van der Waals surface area (Å²) in [6.45, 7) is 0. The summed E-state index contributed by atoms with van der Waals surface area (Å²) in [7, 11) is 0. The summed E-state index contributed by atoms with van der Waals surface area (Å²) in [6, 6.07) is 1.15. The van der Waals surface area contributed by atoms with E-state index in [1.807, 2.05) is 0 Å². The molecule has 0 radical (unpaired) electrons. The number of aromatic nitrogens is 2. The van der Waals surface area contributed by atoms with Gasteiger partial charge in [-0.15, -0.1) is 0 Å². The summed E-state index contributed by atoms with van der Waals surface area (Å²) in [4.78, 5) is 29.4. The topological polar surface area (TPSA) is 83.4 Å². The second kappa shape index (κ2) is 6.50. The van der Waals surface area contributed by atoms with Gasteiger partial charge in [-0.05, 0) is 0 Å². The summed E-state index contributed by atoms with van der Waals surface area (Å²) < 4.78 is 1.71. The van der Waals surface area contributed by atoms with Crippen LogP contribution in [0.25, 0.3) is 0 Å². The normalized spacial score (nSPS) is 9.73. The number of hydrogen-bond acceptors (Lipinski definition) is 4. The van der Waals surface area contributed by atoms with Crippen molar-refractivity contribution in [1.82, 2.24) is 4.14 Å². The van der Waals surface area contributed by atoms with Gasteiger partial charge in [-0.3, -0.25) is 0 Å². The molecule has 0 bridgehead atoms. The number of rotatable bonds is 2. The van der Waals surface area contributed by atoms with E-state index < -0.39 is 5.97 Å². The van der Waals surface area contributed by atoms with Crippen LogP contribution in [0.1, 0.15) is 21.0 Å². The molecular formula is C6H3ClN3O3RaRb. The Morgan fingerprint density at radius 1 is 1.47 bits per heavy atom. The van der Waals surface area contributed by atoms with E-state index >= 15 is 0 Å². The number of aromatic carboxylic acids is 1. The van der Waals surface area contributed by atoms with Gasteiger partial charge in [0.15, 0.2) is 0 Å². The number of carboxylic acid groups (broad SMARTS) is 1. The van der Waals surface area contributed by atoms with Crippen LogP contribution in [0.15, 0.2) is 6.07 Å². The zero-order chi connectivity index (χ0) is 11.6. The molecule has 0 saturated heterocycles. The molecular weight excluding hydrogens is 509 g/mol. The molecule has 9 heteroatoms. The van der Waals surface area contributed by atoms with E-state index in [1.165, 1.54) is 0 Å². The number of amides is 1. The van der Waals surface area contributed by atoms with Crippen molar-refractivity contribution in [2.75, 3.05) is 0 Å². The molecule has 0 aromatic carbocycles. The first-order valence-corrected chi connectivity index (χ1v) is 10.2. The van der Waals surface area contributed by atoms with Crippen LogP contribution in [0, 0.1) is 43.2 Å². The van der Waals surface area contributed by atoms with E-state index in [4.69, 9.17) is 16.7 Å². The Kier molecular flexibility index (Phi) is 6.34. The Bertz CT molecular complexity index is 428. The zero-order valence-corrected chi connectivity index (χ0v) is 22.0. The Morgan fingerprint density at radius 3 is 2.47 bits per heavy atom. The molecule has 1 heterocycles. The summed E-state index contributed by atoms with van der Waals surface area (Å²) >= 11 is 5.56. The number of hydrogen-bond donors (Lipinski definition) is 1. The molecule has 70 valence electrons. The van der Waals surface area contributed by atoms with Crippen LogP contribution >= 0.6 is 11.6 Å². The van der Waals surface area contributed by atoms with Crippen molar-refractivity contribution < 1.29 is 57.9 Å². The first-order valence-electron chi connectivity index (χ1n) is 3.91. The third-order valence-corrected chi connectivity index (χ3v) is 4.38. The predicted octanol–water partition coefficient (Wildman–Crippen LogP) is -0.450. The molecule has 0 fully saturated rings. The number of halogens is 1. The molecule has 0 aliphatic carbocycles. The van der Waals surface area contributed by atoms with Crippen LogP contribution in [0.4, 0.5) is 0 Å². The van der Waals surface area contributed by atoms with E-state index in [9.17, 15) is 9.59 Å². The van der Waals surface area contributed by atoms with Crippen LogP contribution in [0.2, 0.25) is 5.28 Å². The van der Waals surface area contributed by atoms with Gasteiger partial charge in [0.05, 0.1) is 0 Å². The van der Waals surface area contributed by atoms with Gasteiger partial charge in [0.1, 0.15) is 0 Å². The maximum absolute atomic E-state index is 11.6. The van der Waals surface area contributed by atoms with Crippen molar-refractivity contribution >= 4 is 79.5 Å². The van der Waals surface area contributed by atoms with Crippen LogP contribution in [-0.2, 0) is 0 Å². The van der Waals surface area contributed by atoms with E-state index in [1.54, 1.807) is -5.82 Å². The first-order chi connectivity index (χ1) is 6.91. The van der Waals surface area contributed by atoms with Crippen molar-refractivity contribution in [1.29, 1.82) is 0 Å². The second-order valence-corrected chi connectivity index (χ2v) is 30.1. The fourth-order valence-corrected chi connectivity index (χ4v) is 2.55. The summed E-state index contributed by atoms with van der Waals surface area (Å²) in [5.74, 6) is -1.45. The van der Waals surface area contributed by atoms with Crippen molar-refractivity contribution in [2.45, 2.75) is 0 Å². The first kappa shape index (κ1) is 14.6. The number of nitrogens with zero attached hydrogens (tertiary/aromatic N) is 3. The molecule has 15 heavy (non-hydrogen) atoms. The van der Waals surface area contributed by atoms with Crippen molar-refractivity contribution in [2.24, 2.45) is 0 Å². The molecule has 0 unspecified atom stereocenters. The van der Waals surface area contributed by atoms with Gasteiger partial charge in [-0.1, -0.05) is 0 Å². The van der Waals surface area contributed by atoms with Gasteiger partial charge >= 0.3 is 164 Å². The molecule has 0 saturated carbocycles. The van der Waals surface area contributed by atoms with Gasteiger partial charge in [0, 0.05) is 0 Å². The van der Waals surface area contributed by atoms with Crippen LogP contribution < -0.4 is 0 Å². The monoisotopic (exact) mass is 511 g/mol. The second-order valence-electron chi connectivity index (χ2n) is 2.91. The van der Waals surface area contributed by atoms with Crippen LogP contribution in [0.3, 0.4) is 0 Å². The zero-order valence-electron chi connectivity index (χ0n) is 8.06. The van der Waals surface area contributed by atoms with E-state index in [0.717, 1.165) is 6.07 Å². The predicted molar refractivity (Wildman–Crippen MR) is 47.3 cm³/mol. The molecule has 1 aromatic heterocycles. The van der Waals surface area contributed by atoms with Crippen molar-refractivity contribution in [3.05, 3.63) is 22.7 Å². The summed E-state index contributed by atoms with van der Waals surface area (Å²) in [5.41, 5.74) is -0.191. The Hall–Kier alpha value is 1.58. The molecule has 1 amide bonds. The third kappa shape index (κ3) is 4.39. The molecule has 0 aliphatic heterocycles. The maximum atomic E-state index is 11.6. The molecule has 0 atom stereocenters.